The highest BCUT2D eigenvalue weighted by Gasteiger charge is 2.32. The van der Waals surface area contributed by atoms with Crippen LogP contribution in [0.2, 0.25) is 0 Å². The molecule has 0 spiro atoms. The molecule has 1 atom stereocenters. The Morgan fingerprint density at radius 1 is 1.00 bits per heavy atom. The van der Waals surface area contributed by atoms with E-state index in [2.05, 4.69) is 17.1 Å². The molecular formula is C29H41N5O6. The van der Waals surface area contributed by atoms with E-state index < -0.39 is 11.9 Å². The van der Waals surface area contributed by atoms with Crippen LogP contribution in [0.25, 0.3) is 11.0 Å². The number of nitrogens with zero attached hydrogens (tertiary/aromatic N) is 4. The Kier molecular flexibility index (Phi) is 8.90. The van der Waals surface area contributed by atoms with Gasteiger partial charge in [0.2, 0.25) is 11.8 Å². The van der Waals surface area contributed by atoms with Crippen LogP contribution >= 0.6 is 0 Å². The lowest BCUT2D eigenvalue weighted by Crippen LogP contribution is -2.44. The molecule has 11 nitrogen and oxygen atoms in total. The zero-order chi connectivity index (χ0) is 28.2. The maximum atomic E-state index is 13.2. The number of amides is 3. The van der Waals surface area contributed by atoms with Crippen molar-refractivity contribution in [1.29, 1.82) is 0 Å². The lowest BCUT2D eigenvalue weighted by Gasteiger charge is -2.37. The number of carbonyl (C=O) groups is 3. The number of benzene rings is 1. The Labute approximate surface area is 234 Å². The molecule has 0 aliphatic carbocycles. The number of ether oxygens (including phenoxy) is 2. The van der Waals surface area contributed by atoms with Crippen LogP contribution in [0.4, 0.5) is 4.79 Å². The van der Waals surface area contributed by atoms with E-state index in [0.717, 1.165) is 68.2 Å². The summed E-state index contributed by atoms with van der Waals surface area (Å²) in [7, 11) is 1.74. The Morgan fingerprint density at radius 2 is 1.70 bits per heavy atom. The summed E-state index contributed by atoms with van der Waals surface area (Å²) in [6.45, 7) is 6.41. The second kappa shape index (κ2) is 12.6. The zero-order valence-electron chi connectivity index (χ0n) is 23.6. The summed E-state index contributed by atoms with van der Waals surface area (Å²) in [6, 6.07) is 5.16. The molecule has 1 aromatic carbocycles. The van der Waals surface area contributed by atoms with Crippen molar-refractivity contribution in [3.63, 3.8) is 0 Å². The molecule has 0 bridgehead atoms. The summed E-state index contributed by atoms with van der Waals surface area (Å²) in [5.74, 6) is -0.716. The van der Waals surface area contributed by atoms with Gasteiger partial charge in [0.25, 0.3) is 0 Å². The number of fused-ring (bicyclic) bond motifs is 1. The van der Waals surface area contributed by atoms with E-state index >= 15 is 0 Å². The van der Waals surface area contributed by atoms with E-state index in [9.17, 15) is 19.2 Å². The Balaban J connectivity index is 1.15. The molecule has 3 aliphatic rings. The van der Waals surface area contributed by atoms with Gasteiger partial charge in [-0.3, -0.25) is 28.9 Å². The maximum Gasteiger partial charge on any atom is 0.409 e. The van der Waals surface area contributed by atoms with Crippen LogP contribution in [0.3, 0.4) is 0 Å². The first-order valence-electron chi connectivity index (χ1n) is 14.7. The number of unbranched alkanes of at least 4 members (excludes halogenated alkanes) is 1. The Hall–Kier alpha value is -3.18. The molecule has 5 rings (SSSR count). The average molecular weight is 556 g/mol. The van der Waals surface area contributed by atoms with Crippen LogP contribution in [0, 0.1) is 0 Å². The first-order chi connectivity index (χ1) is 19.4. The number of hydrogen-bond acceptors (Lipinski definition) is 7. The molecule has 218 valence electrons. The number of piperidine rings is 3. The van der Waals surface area contributed by atoms with Gasteiger partial charge in [-0.1, -0.05) is 25.5 Å². The lowest BCUT2D eigenvalue weighted by atomic mass is 10.0. The van der Waals surface area contributed by atoms with Gasteiger partial charge in [-0.2, -0.15) is 0 Å². The lowest BCUT2D eigenvalue weighted by molar-refractivity contribution is -0.135. The van der Waals surface area contributed by atoms with Crippen molar-refractivity contribution in [1.82, 2.24) is 24.3 Å². The predicted octanol–water partition coefficient (Wildman–Crippen LogP) is 2.70. The molecule has 3 fully saturated rings. The second-order valence-electron chi connectivity index (χ2n) is 11.2. The number of hydrogen-bond donors (Lipinski definition) is 1. The van der Waals surface area contributed by atoms with Gasteiger partial charge >= 0.3 is 11.8 Å². The molecule has 0 saturated carbocycles. The minimum atomic E-state index is -0.685. The van der Waals surface area contributed by atoms with Crippen molar-refractivity contribution >= 4 is 28.9 Å². The summed E-state index contributed by atoms with van der Waals surface area (Å²) in [4.78, 5) is 53.8. The van der Waals surface area contributed by atoms with Crippen molar-refractivity contribution in [3.05, 3.63) is 34.2 Å². The Morgan fingerprint density at radius 3 is 2.38 bits per heavy atom. The minimum absolute atomic E-state index is 0.173. The smallest absolute Gasteiger partial charge is 0.409 e. The number of aromatic nitrogens is 2. The highest BCUT2D eigenvalue weighted by molar-refractivity contribution is 6.00. The number of aryl methyl sites for hydroxylation is 1. The van der Waals surface area contributed by atoms with Gasteiger partial charge in [-0.25, -0.2) is 9.59 Å². The molecule has 11 heteroatoms. The number of para-hydroxylation sites is 1. The maximum absolute atomic E-state index is 13.2. The molecule has 3 aliphatic heterocycles. The number of rotatable bonds is 8. The summed E-state index contributed by atoms with van der Waals surface area (Å²) in [5.41, 5.74) is 2.35. The highest BCUT2D eigenvalue weighted by Crippen LogP contribution is 2.27. The first kappa shape index (κ1) is 28.4. The molecule has 2 aromatic rings. The number of imidazole rings is 1. The number of imide groups is 1. The van der Waals surface area contributed by atoms with Gasteiger partial charge in [0.15, 0.2) is 0 Å². The van der Waals surface area contributed by atoms with Gasteiger partial charge < -0.3 is 14.4 Å². The summed E-state index contributed by atoms with van der Waals surface area (Å²) >= 11 is 0. The van der Waals surface area contributed by atoms with Crippen LogP contribution < -0.4 is 11.0 Å². The van der Waals surface area contributed by atoms with Crippen LogP contribution in [-0.4, -0.2) is 81.8 Å². The number of nitrogens with one attached hydrogen (secondary N) is 1. The molecule has 0 radical (unpaired) electrons. The summed E-state index contributed by atoms with van der Waals surface area (Å²) in [6.07, 6.45) is 6.17. The molecule has 1 unspecified atom stereocenters. The molecule has 1 N–H and O–H groups in total. The normalized spacial score (nSPS) is 21.6. The predicted molar refractivity (Wildman–Crippen MR) is 149 cm³/mol. The van der Waals surface area contributed by atoms with Crippen LogP contribution in [-0.2, 0) is 32.7 Å². The van der Waals surface area contributed by atoms with Gasteiger partial charge in [0.1, 0.15) is 6.04 Å². The van der Waals surface area contributed by atoms with E-state index in [0.29, 0.717) is 32.7 Å². The zero-order valence-corrected chi connectivity index (χ0v) is 23.6. The Bertz CT molecular complexity index is 1290. The van der Waals surface area contributed by atoms with E-state index in [1.54, 1.807) is 16.5 Å². The average Bonchev–Trinajstić information content (AvgIpc) is 3.20. The van der Waals surface area contributed by atoms with Crippen LogP contribution in [0.1, 0.15) is 69.9 Å². The quantitative estimate of drug-likeness (QED) is 0.393. The van der Waals surface area contributed by atoms with Gasteiger partial charge in [-0.05, 0) is 50.2 Å². The highest BCUT2D eigenvalue weighted by atomic mass is 16.6. The van der Waals surface area contributed by atoms with Crippen molar-refractivity contribution in [2.75, 3.05) is 32.8 Å². The molecule has 40 heavy (non-hydrogen) atoms. The van der Waals surface area contributed by atoms with Crippen molar-refractivity contribution in [2.24, 2.45) is 7.05 Å². The monoisotopic (exact) mass is 555 g/mol. The van der Waals surface area contributed by atoms with E-state index in [-0.39, 0.29) is 36.3 Å². The van der Waals surface area contributed by atoms with Gasteiger partial charge in [0.05, 0.1) is 29.8 Å². The van der Waals surface area contributed by atoms with Gasteiger partial charge in [0, 0.05) is 46.2 Å². The summed E-state index contributed by atoms with van der Waals surface area (Å²) in [5, 5.41) is 2.37. The largest absolute Gasteiger partial charge is 0.449 e. The minimum Gasteiger partial charge on any atom is -0.449 e. The SMILES string of the molecule is CCCCOC(=O)N1CCC(OC2CCN(Cc3cccc4c3n(C)c(=O)n4C3CCC(=O)NC3=O)CC2)CC1. The first-order valence-corrected chi connectivity index (χ1v) is 14.7. The topological polar surface area (TPSA) is 115 Å². The van der Waals surface area contributed by atoms with E-state index in [4.69, 9.17) is 9.47 Å². The van der Waals surface area contributed by atoms with Crippen LogP contribution in [0.15, 0.2) is 23.0 Å². The third kappa shape index (κ3) is 6.10. The number of carbonyl (C=O) groups excluding carboxylic acids is 3. The molecule has 3 saturated heterocycles. The van der Waals surface area contributed by atoms with Crippen molar-refractivity contribution in [2.45, 2.75) is 83.1 Å². The van der Waals surface area contributed by atoms with E-state index in [1.807, 2.05) is 18.2 Å². The molecular weight excluding hydrogens is 514 g/mol. The fourth-order valence-electron chi connectivity index (χ4n) is 6.16. The third-order valence-electron chi connectivity index (χ3n) is 8.45. The summed E-state index contributed by atoms with van der Waals surface area (Å²) < 4.78 is 14.9. The fourth-order valence-corrected chi connectivity index (χ4v) is 6.16. The van der Waals surface area contributed by atoms with Crippen molar-refractivity contribution in [3.8, 4) is 0 Å². The molecule has 3 amide bonds. The molecule has 1 aromatic heterocycles. The van der Waals surface area contributed by atoms with Gasteiger partial charge in [-0.15, -0.1) is 0 Å². The fraction of sp³-hybridized carbons (Fsp3) is 0.655. The third-order valence-corrected chi connectivity index (χ3v) is 8.45. The standard InChI is InChI=1S/C29H41N5O6/c1-3-4-18-39-29(38)33-16-12-22(13-17-33)40-21-10-14-32(15-11-21)19-20-6-5-7-23-26(20)31(2)28(37)34(23)24-8-9-25(35)30-27(24)36/h5-7,21-22,24H,3-4,8-19H2,1-2H3,(H,30,35,36). The second-order valence-corrected chi connectivity index (χ2v) is 11.2. The van der Waals surface area contributed by atoms with Crippen molar-refractivity contribution < 1.29 is 23.9 Å². The number of likely N-dealkylation sites (tertiary alicyclic amines) is 2. The molecule has 4 heterocycles. The van der Waals surface area contributed by atoms with E-state index in [1.165, 1.54) is 4.57 Å². The van der Waals surface area contributed by atoms with Crippen LogP contribution in [0.5, 0.6) is 0 Å².